The Kier molecular flexibility index (Phi) is 5.63. The van der Waals surface area contributed by atoms with Crippen molar-refractivity contribution in [3.05, 3.63) is 75.6 Å². The van der Waals surface area contributed by atoms with E-state index < -0.39 is 24.8 Å². The SMILES string of the molecule is Cc1cc(-n2c(C)cc(C(=O)COC(=O)COc3ccc4ccc(=O)oc4c3)c2C)no1. The molecule has 3 heterocycles. The average Bonchev–Trinajstić information content (AvgIpc) is 3.31. The fraction of sp³-hybridized carbons (Fsp3) is 0.217. The first kappa shape index (κ1) is 21.1. The summed E-state index contributed by atoms with van der Waals surface area (Å²) in [5.74, 6) is 0.525. The first-order chi connectivity index (χ1) is 15.3. The molecule has 0 aliphatic heterocycles. The summed E-state index contributed by atoms with van der Waals surface area (Å²) in [6, 6.07) is 11.3. The van der Waals surface area contributed by atoms with Crippen LogP contribution in [-0.2, 0) is 9.53 Å². The van der Waals surface area contributed by atoms with Gasteiger partial charge < -0.3 is 18.4 Å². The van der Waals surface area contributed by atoms with Crippen LogP contribution in [0.1, 0.15) is 27.5 Å². The molecule has 0 saturated carbocycles. The first-order valence-electron chi connectivity index (χ1n) is 9.80. The summed E-state index contributed by atoms with van der Waals surface area (Å²) in [6.45, 7) is 4.60. The molecule has 32 heavy (non-hydrogen) atoms. The van der Waals surface area contributed by atoms with Crippen LogP contribution >= 0.6 is 0 Å². The van der Waals surface area contributed by atoms with Gasteiger partial charge in [-0.15, -0.1) is 0 Å². The maximum atomic E-state index is 12.6. The molecule has 3 aromatic heterocycles. The van der Waals surface area contributed by atoms with Gasteiger partial charge in [0, 0.05) is 40.5 Å². The molecule has 0 N–H and O–H groups in total. The molecule has 4 aromatic rings. The Balaban J connectivity index is 1.36. The zero-order chi connectivity index (χ0) is 22.8. The van der Waals surface area contributed by atoms with Gasteiger partial charge >= 0.3 is 11.6 Å². The largest absolute Gasteiger partial charge is 0.482 e. The van der Waals surface area contributed by atoms with Gasteiger partial charge in [-0.05, 0) is 45.0 Å². The van der Waals surface area contributed by atoms with Crippen LogP contribution in [0.2, 0.25) is 0 Å². The molecule has 0 amide bonds. The third kappa shape index (κ3) is 4.31. The van der Waals surface area contributed by atoms with Crippen LogP contribution in [0.15, 0.2) is 56.2 Å². The minimum atomic E-state index is -0.700. The second-order valence-corrected chi connectivity index (χ2v) is 7.24. The average molecular weight is 436 g/mol. The monoisotopic (exact) mass is 436 g/mol. The molecule has 9 nitrogen and oxygen atoms in total. The van der Waals surface area contributed by atoms with Crippen molar-refractivity contribution in [2.75, 3.05) is 13.2 Å². The van der Waals surface area contributed by atoms with Gasteiger partial charge in [-0.3, -0.25) is 9.36 Å². The van der Waals surface area contributed by atoms with Crippen LogP contribution in [0.4, 0.5) is 0 Å². The van der Waals surface area contributed by atoms with Crippen molar-refractivity contribution in [2.24, 2.45) is 0 Å². The van der Waals surface area contributed by atoms with E-state index in [4.69, 9.17) is 18.4 Å². The number of ketones is 1. The Labute approximate surface area is 182 Å². The molecule has 164 valence electrons. The van der Waals surface area contributed by atoms with Crippen LogP contribution in [0.3, 0.4) is 0 Å². The summed E-state index contributed by atoms with van der Waals surface area (Å²) in [7, 11) is 0. The normalized spacial score (nSPS) is 11.0. The zero-order valence-electron chi connectivity index (χ0n) is 17.7. The fourth-order valence-electron chi connectivity index (χ4n) is 3.39. The number of carbonyl (C=O) groups excluding carboxylic acids is 2. The lowest BCUT2D eigenvalue weighted by Crippen LogP contribution is -2.19. The van der Waals surface area contributed by atoms with Gasteiger partial charge in [0.05, 0.1) is 0 Å². The molecule has 0 spiro atoms. The molecule has 0 saturated heterocycles. The maximum Gasteiger partial charge on any atom is 0.344 e. The fourth-order valence-corrected chi connectivity index (χ4v) is 3.39. The molecule has 0 unspecified atom stereocenters. The number of benzene rings is 1. The van der Waals surface area contributed by atoms with Gasteiger partial charge in [-0.25, -0.2) is 9.59 Å². The number of rotatable bonds is 7. The molecule has 4 rings (SSSR count). The topological polar surface area (TPSA) is 114 Å². The molecule has 0 aliphatic carbocycles. The number of ether oxygens (including phenoxy) is 2. The number of hydrogen-bond acceptors (Lipinski definition) is 8. The third-order valence-corrected chi connectivity index (χ3v) is 4.89. The second-order valence-electron chi connectivity index (χ2n) is 7.24. The van der Waals surface area contributed by atoms with Crippen molar-refractivity contribution in [2.45, 2.75) is 20.8 Å². The smallest absolute Gasteiger partial charge is 0.344 e. The summed E-state index contributed by atoms with van der Waals surface area (Å²) in [5.41, 5.74) is 1.77. The van der Waals surface area contributed by atoms with Gasteiger partial charge in [0.2, 0.25) is 5.78 Å². The van der Waals surface area contributed by atoms with Crippen LogP contribution < -0.4 is 10.4 Å². The van der Waals surface area contributed by atoms with E-state index in [1.807, 2.05) is 6.92 Å². The van der Waals surface area contributed by atoms with Crippen LogP contribution in [0.5, 0.6) is 5.75 Å². The van der Waals surface area contributed by atoms with Crippen molar-refractivity contribution >= 4 is 22.7 Å². The highest BCUT2D eigenvalue weighted by molar-refractivity contribution is 5.99. The minimum Gasteiger partial charge on any atom is -0.482 e. The quantitative estimate of drug-likeness (QED) is 0.246. The van der Waals surface area contributed by atoms with Crippen molar-refractivity contribution in [3.8, 4) is 11.6 Å². The van der Waals surface area contributed by atoms with E-state index in [9.17, 15) is 14.4 Å². The van der Waals surface area contributed by atoms with Crippen molar-refractivity contribution in [3.63, 3.8) is 0 Å². The maximum absolute atomic E-state index is 12.6. The number of esters is 1. The predicted octanol–water partition coefficient (Wildman–Crippen LogP) is 3.30. The Morgan fingerprint density at radius 1 is 1.03 bits per heavy atom. The van der Waals surface area contributed by atoms with Gasteiger partial charge in [0.1, 0.15) is 17.1 Å². The molecule has 9 heteroatoms. The molecular weight excluding hydrogens is 416 g/mol. The van der Waals surface area contributed by atoms with Crippen molar-refractivity contribution < 1.29 is 28.0 Å². The molecule has 1 aromatic carbocycles. The second kappa shape index (κ2) is 8.54. The van der Waals surface area contributed by atoms with E-state index in [0.717, 1.165) is 11.1 Å². The van der Waals surface area contributed by atoms with E-state index in [1.54, 1.807) is 48.7 Å². The van der Waals surface area contributed by atoms with Gasteiger partial charge in [0.25, 0.3) is 0 Å². The number of hydrogen-bond donors (Lipinski definition) is 0. The summed E-state index contributed by atoms with van der Waals surface area (Å²) in [4.78, 5) is 36.0. The summed E-state index contributed by atoms with van der Waals surface area (Å²) < 4.78 is 22.5. The van der Waals surface area contributed by atoms with E-state index in [-0.39, 0.29) is 5.78 Å². The summed E-state index contributed by atoms with van der Waals surface area (Å²) in [6.07, 6.45) is 0. The van der Waals surface area contributed by atoms with Gasteiger partial charge in [-0.2, -0.15) is 0 Å². The molecule has 0 bridgehead atoms. The molecule has 0 fully saturated rings. The van der Waals surface area contributed by atoms with Crippen molar-refractivity contribution in [1.29, 1.82) is 0 Å². The minimum absolute atomic E-state index is 0.335. The number of aromatic nitrogens is 2. The first-order valence-corrected chi connectivity index (χ1v) is 9.80. The van der Waals surface area contributed by atoms with E-state index in [0.29, 0.717) is 34.2 Å². The lowest BCUT2D eigenvalue weighted by molar-refractivity contribution is -0.144. The Morgan fingerprint density at radius 2 is 1.81 bits per heavy atom. The number of aryl methyl sites for hydroxylation is 2. The van der Waals surface area contributed by atoms with E-state index in [2.05, 4.69) is 5.16 Å². The molecular formula is C23H20N2O7. The number of Topliss-reactive ketones (excluding diaryl/α,β-unsaturated/α-hetero) is 1. The van der Waals surface area contributed by atoms with Crippen molar-refractivity contribution in [1.82, 2.24) is 9.72 Å². The molecule has 0 atom stereocenters. The van der Waals surface area contributed by atoms with E-state index in [1.165, 1.54) is 12.1 Å². The highest BCUT2D eigenvalue weighted by Crippen LogP contribution is 2.22. The Morgan fingerprint density at radius 3 is 2.56 bits per heavy atom. The Bertz CT molecular complexity index is 1380. The number of fused-ring (bicyclic) bond motifs is 1. The number of nitrogens with zero attached hydrogens (tertiary/aromatic N) is 2. The van der Waals surface area contributed by atoms with Crippen LogP contribution in [0, 0.1) is 20.8 Å². The molecule has 0 aliphatic rings. The highest BCUT2D eigenvalue weighted by atomic mass is 16.6. The summed E-state index contributed by atoms with van der Waals surface area (Å²) >= 11 is 0. The van der Waals surface area contributed by atoms with Gasteiger partial charge in [-0.1, -0.05) is 5.16 Å². The lowest BCUT2D eigenvalue weighted by atomic mass is 10.1. The standard InChI is InChI=1S/C23H20N2O7/c1-13-8-18(15(3)25(13)21-9-14(2)32-24-21)19(26)11-30-23(28)12-29-17-6-4-16-5-7-22(27)31-20(16)10-17/h4-10H,11-12H2,1-3H3. The third-order valence-electron chi connectivity index (χ3n) is 4.89. The van der Waals surface area contributed by atoms with Crippen LogP contribution in [0.25, 0.3) is 16.8 Å². The predicted molar refractivity (Wildman–Crippen MR) is 113 cm³/mol. The van der Waals surface area contributed by atoms with Crippen LogP contribution in [-0.4, -0.2) is 34.7 Å². The summed E-state index contributed by atoms with van der Waals surface area (Å²) in [5, 5.41) is 4.71. The zero-order valence-corrected chi connectivity index (χ0v) is 17.7. The Hall–Kier alpha value is -4.14. The number of carbonyl (C=O) groups is 2. The highest BCUT2D eigenvalue weighted by Gasteiger charge is 2.19. The van der Waals surface area contributed by atoms with E-state index >= 15 is 0 Å². The molecule has 0 radical (unpaired) electrons. The lowest BCUT2D eigenvalue weighted by Gasteiger charge is -2.08. The van der Waals surface area contributed by atoms with Gasteiger partial charge in [0.15, 0.2) is 19.0 Å².